The van der Waals surface area contributed by atoms with Crippen LogP contribution in [0.1, 0.15) is 40.0 Å². The number of carbonyl (C=O) groups excluding carboxylic acids is 1. The number of aryl methyl sites for hydroxylation is 1. The lowest BCUT2D eigenvalue weighted by atomic mass is 9.95. The number of ether oxygens (including phenoxy) is 1. The average Bonchev–Trinajstić information content (AvgIpc) is 3.24. The number of rotatable bonds is 5. The van der Waals surface area contributed by atoms with Gasteiger partial charge >= 0.3 is 0 Å². The number of anilines is 1. The molecule has 180 valence electrons. The van der Waals surface area contributed by atoms with E-state index in [1.165, 1.54) is 34.9 Å². The summed E-state index contributed by atoms with van der Waals surface area (Å²) < 4.78 is 33.8. The fraction of sp³-hybridized carbons (Fsp3) is 0.308. The number of nitrogens with zero attached hydrogens (tertiary/aromatic N) is 2. The first-order chi connectivity index (χ1) is 16.9. The second-order valence-corrected chi connectivity index (χ2v) is 11.7. The summed E-state index contributed by atoms with van der Waals surface area (Å²) in [4.78, 5) is 14.8. The predicted octanol–water partition coefficient (Wildman–Crippen LogP) is 4.26. The highest BCUT2D eigenvalue weighted by molar-refractivity contribution is 7.89. The molecule has 0 unspecified atom stereocenters. The van der Waals surface area contributed by atoms with E-state index in [-0.39, 0.29) is 17.9 Å². The van der Waals surface area contributed by atoms with Gasteiger partial charge in [0.15, 0.2) is 0 Å². The molecule has 1 aliphatic carbocycles. The van der Waals surface area contributed by atoms with Gasteiger partial charge in [-0.15, -0.1) is 11.3 Å². The first-order valence-electron chi connectivity index (χ1n) is 11.5. The predicted molar refractivity (Wildman–Crippen MR) is 134 cm³/mol. The van der Waals surface area contributed by atoms with Crippen LogP contribution >= 0.6 is 11.3 Å². The molecule has 0 saturated carbocycles. The van der Waals surface area contributed by atoms with Gasteiger partial charge in [-0.2, -0.15) is 9.57 Å². The Morgan fingerprint density at radius 2 is 1.83 bits per heavy atom. The van der Waals surface area contributed by atoms with Crippen LogP contribution < -0.4 is 10.1 Å². The minimum Gasteiger partial charge on any atom is -0.497 e. The Labute approximate surface area is 209 Å². The van der Waals surface area contributed by atoms with Crippen molar-refractivity contribution in [2.75, 3.05) is 12.4 Å². The highest BCUT2D eigenvalue weighted by Crippen LogP contribution is 2.38. The van der Waals surface area contributed by atoms with Gasteiger partial charge < -0.3 is 10.1 Å². The van der Waals surface area contributed by atoms with Gasteiger partial charge in [0.1, 0.15) is 22.9 Å². The third-order valence-corrected chi connectivity index (χ3v) is 9.77. The lowest BCUT2D eigenvalue weighted by Crippen LogP contribution is -2.50. The minimum absolute atomic E-state index is 0.0919. The normalized spacial score (nSPS) is 17.7. The van der Waals surface area contributed by atoms with E-state index in [1.807, 2.05) is 24.3 Å². The molecule has 0 saturated heterocycles. The number of carbonyl (C=O) groups is 1. The van der Waals surface area contributed by atoms with Gasteiger partial charge in [-0.3, -0.25) is 4.79 Å². The maximum absolute atomic E-state index is 13.7. The molecule has 0 fully saturated rings. The second kappa shape index (κ2) is 9.46. The standard InChI is InChI=1S/C26H25N3O4S2/c1-33-19-10-12-20(13-11-19)35(31,32)29-16-18-7-3-2-6-17(18)14-23(29)25(30)28-26-22(15-27)21-8-4-5-9-24(21)34-26/h2-3,6-7,10-13,23H,4-5,8-9,14,16H2,1H3,(H,28,30)/t23-/m0/s1. The lowest BCUT2D eigenvalue weighted by Gasteiger charge is -2.35. The Morgan fingerprint density at radius 3 is 2.54 bits per heavy atom. The molecule has 0 bridgehead atoms. The number of fused-ring (bicyclic) bond motifs is 2. The number of benzene rings is 2. The molecule has 9 heteroatoms. The van der Waals surface area contributed by atoms with Crippen LogP contribution in [0, 0.1) is 11.3 Å². The van der Waals surface area contributed by atoms with Gasteiger partial charge in [0.2, 0.25) is 15.9 Å². The van der Waals surface area contributed by atoms with E-state index in [1.54, 1.807) is 12.1 Å². The molecule has 1 aliphatic heterocycles. The third-order valence-electron chi connectivity index (χ3n) is 6.69. The summed E-state index contributed by atoms with van der Waals surface area (Å²) in [6.45, 7) is 0.0919. The summed E-state index contributed by atoms with van der Waals surface area (Å²) in [5.74, 6) is 0.125. The third kappa shape index (κ3) is 4.33. The van der Waals surface area contributed by atoms with Crippen LogP contribution in [-0.2, 0) is 40.6 Å². The van der Waals surface area contributed by atoms with E-state index in [9.17, 15) is 18.5 Å². The van der Waals surface area contributed by atoms with Crippen LogP contribution in [0.5, 0.6) is 5.75 Å². The molecule has 2 heterocycles. The van der Waals surface area contributed by atoms with Crippen molar-refractivity contribution in [2.24, 2.45) is 0 Å². The van der Waals surface area contributed by atoms with Crippen molar-refractivity contribution in [1.82, 2.24) is 4.31 Å². The molecule has 0 spiro atoms. The van der Waals surface area contributed by atoms with Crippen LogP contribution in [-0.4, -0.2) is 31.8 Å². The Morgan fingerprint density at radius 1 is 1.11 bits per heavy atom. The fourth-order valence-corrected chi connectivity index (χ4v) is 7.63. The van der Waals surface area contributed by atoms with Crippen molar-refractivity contribution in [3.8, 4) is 11.8 Å². The quantitative estimate of drug-likeness (QED) is 0.556. The molecular weight excluding hydrogens is 482 g/mol. The zero-order valence-electron chi connectivity index (χ0n) is 19.3. The van der Waals surface area contributed by atoms with Gasteiger partial charge in [0.05, 0.1) is 17.6 Å². The first-order valence-corrected chi connectivity index (χ1v) is 13.8. The number of nitrogens with one attached hydrogen (secondary N) is 1. The summed E-state index contributed by atoms with van der Waals surface area (Å²) in [5.41, 5.74) is 3.35. The van der Waals surface area contributed by atoms with Gasteiger partial charge in [-0.05, 0) is 73.1 Å². The van der Waals surface area contributed by atoms with Gasteiger partial charge in [-0.25, -0.2) is 8.42 Å². The number of nitriles is 1. The van der Waals surface area contributed by atoms with Crippen LogP contribution in [0.25, 0.3) is 0 Å². The van der Waals surface area contributed by atoms with E-state index in [2.05, 4.69) is 11.4 Å². The molecule has 2 aromatic carbocycles. The fourth-order valence-electron chi connectivity index (χ4n) is 4.83. The second-order valence-electron chi connectivity index (χ2n) is 8.73. The smallest absolute Gasteiger partial charge is 0.244 e. The number of hydrogen-bond acceptors (Lipinski definition) is 6. The molecule has 5 rings (SSSR count). The summed E-state index contributed by atoms with van der Waals surface area (Å²) in [6.07, 6.45) is 4.08. The molecule has 1 atom stereocenters. The highest BCUT2D eigenvalue weighted by Gasteiger charge is 2.40. The maximum atomic E-state index is 13.7. The molecular formula is C26H25N3O4S2. The average molecular weight is 508 g/mol. The number of amides is 1. The van der Waals surface area contributed by atoms with Crippen LogP contribution in [0.15, 0.2) is 53.4 Å². The van der Waals surface area contributed by atoms with Gasteiger partial charge in [-0.1, -0.05) is 24.3 Å². The number of methoxy groups -OCH3 is 1. The first kappa shape index (κ1) is 23.5. The largest absolute Gasteiger partial charge is 0.497 e. The van der Waals surface area contributed by atoms with E-state index < -0.39 is 22.0 Å². The molecule has 35 heavy (non-hydrogen) atoms. The number of thiophene rings is 1. The van der Waals surface area contributed by atoms with Crippen molar-refractivity contribution < 1.29 is 17.9 Å². The molecule has 1 aromatic heterocycles. The summed E-state index contributed by atoms with van der Waals surface area (Å²) in [7, 11) is -2.46. The van der Waals surface area contributed by atoms with Crippen LogP contribution in [0.3, 0.4) is 0 Å². The highest BCUT2D eigenvalue weighted by atomic mass is 32.2. The number of sulfonamides is 1. The Hall–Kier alpha value is -3.19. The van der Waals surface area contributed by atoms with Crippen LogP contribution in [0.2, 0.25) is 0 Å². The molecule has 1 N–H and O–H groups in total. The van der Waals surface area contributed by atoms with E-state index in [0.717, 1.165) is 47.3 Å². The topological polar surface area (TPSA) is 99.5 Å². The van der Waals surface area contributed by atoms with Crippen molar-refractivity contribution >= 4 is 32.3 Å². The zero-order chi connectivity index (χ0) is 24.6. The summed E-state index contributed by atoms with van der Waals surface area (Å²) >= 11 is 1.44. The molecule has 3 aromatic rings. The van der Waals surface area contributed by atoms with Crippen molar-refractivity contribution in [1.29, 1.82) is 5.26 Å². The van der Waals surface area contributed by atoms with E-state index in [0.29, 0.717) is 16.3 Å². The summed E-state index contributed by atoms with van der Waals surface area (Å²) in [5, 5.41) is 13.2. The SMILES string of the molecule is COc1ccc(S(=O)(=O)N2Cc3ccccc3C[C@H]2C(=O)Nc2sc3c(c2C#N)CCCC3)cc1. The number of hydrogen-bond donors (Lipinski definition) is 1. The molecule has 2 aliphatic rings. The monoisotopic (exact) mass is 507 g/mol. The molecule has 7 nitrogen and oxygen atoms in total. The Balaban J connectivity index is 1.50. The molecule has 1 amide bonds. The van der Waals surface area contributed by atoms with Crippen molar-refractivity contribution in [3.63, 3.8) is 0 Å². The zero-order valence-corrected chi connectivity index (χ0v) is 20.9. The Bertz CT molecular complexity index is 1420. The molecule has 0 radical (unpaired) electrons. The van der Waals surface area contributed by atoms with Crippen LogP contribution in [0.4, 0.5) is 5.00 Å². The van der Waals surface area contributed by atoms with Gasteiger partial charge in [0.25, 0.3) is 0 Å². The van der Waals surface area contributed by atoms with E-state index >= 15 is 0 Å². The van der Waals surface area contributed by atoms with Gasteiger partial charge in [0, 0.05) is 11.4 Å². The lowest BCUT2D eigenvalue weighted by molar-refractivity contribution is -0.120. The Kier molecular flexibility index (Phi) is 6.36. The van der Waals surface area contributed by atoms with Crippen molar-refractivity contribution in [3.05, 3.63) is 75.7 Å². The van der Waals surface area contributed by atoms with Crippen molar-refractivity contribution in [2.45, 2.75) is 49.6 Å². The maximum Gasteiger partial charge on any atom is 0.244 e. The summed E-state index contributed by atoms with van der Waals surface area (Å²) in [6, 6.07) is 15.1. The van der Waals surface area contributed by atoms with E-state index in [4.69, 9.17) is 4.74 Å². The minimum atomic E-state index is -3.98.